The standard InChI is InChI=1S/C19H20FN7O3/c1-13-17(27(25-23-13)15-4-2-14(20)3-5-15)12-30-18-11-21-16(10-22-18)19(28)24-26-6-8-29-9-7-26/h2-5,10-11H,6-9,12H2,1H3,(H,24,28). The van der Waals surface area contributed by atoms with E-state index < -0.39 is 0 Å². The molecule has 10 nitrogen and oxygen atoms in total. The predicted octanol–water partition coefficient (Wildman–Crippen LogP) is 1.06. The first-order valence-electron chi connectivity index (χ1n) is 9.36. The van der Waals surface area contributed by atoms with Gasteiger partial charge in [-0.2, -0.15) is 0 Å². The number of nitrogens with zero attached hydrogens (tertiary/aromatic N) is 6. The van der Waals surface area contributed by atoms with Crippen molar-refractivity contribution >= 4 is 5.91 Å². The van der Waals surface area contributed by atoms with Crippen LogP contribution in [-0.4, -0.2) is 62.2 Å². The van der Waals surface area contributed by atoms with E-state index in [9.17, 15) is 9.18 Å². The van der Waals surface area contributed by atoms with Gasteiger partial charge >= 0.3 is 0 Å². The summed E-state index contributed by atoms with van der Waals surface area (Å²) in [5.41, 5.74) is 4.98. The van der Waals surface area contributed by atoms with Crippen LogP contribution >= 0.6 is 0 Å². The van der Waals surface area contributed by atoms with Crippen LogP contribution in [0.5, 0.6) is 5.88 Å². The number of aromatic nitrogens is 5. The number of hydrogen-bond acceptors (Lipinski definition) is 8. The van der Waals surface area contributed by atoms with Gasteiger partial charge in [-0.15, -0.1) is 5.10 Å². The Kier molecular flexibility index (Phi) is 5.91. The molecule has 4 rings (SSSR count). The monoisotopic (exact) mass is 413 g/mol. The summed E-state index contributed by atoms with van der Waals surface area (Å²) in [5.74, 6) is -0.420. The van der Waals surface area contributed by atoms with E-state index in [4.69, 9.17) is 9.47 Å². The Morgan fingerprint density at radius 3 is 2.67 bits per heavy atom. The third-order valence-electron chi connectivity index (χ3n) is 4.52. The zero-order valence-electron chi connectivity index (χ0n) is 16.3. The van der Waals surface area contributed by atoms with Crippen molar-refractivity contribution in [3.8, 4) is 11.6 Å². The molecule has 156 valence electrons. The van der Waals surface area contributed by atoms with E-state index >= 15 is 0 Å². The molecule has 0 unspecified atom stereocenters. The minimum absolute atomic E-state index is 0.129. The molecule has 11 heteroatoms. The van der Waals surface area contributed by atoms with Crippen LogP contribution in [0, 0.1) is 12.7 Å². The molecule has 1 fully saturated rings. The molecule has 1 amide bonds. The Balaban J connectivity index is 1.39. The number of nitrogens with one attached hydrogen (secondary N) is 1. The van der Waals surface area contributed by atoms with Gasteiger partial charge in [-0.3, -0.25) is 10.2 Å². The van der Waals surface area contributed by atoms with Crippen LogP contribution in [0.3, 0.4) is 0 Å². The van der Waals surface area contributed by atoms with Crippen LogP contribution in [0.4, 0.5) is 4.39 Å². The van der Waals surface area contributed by atoms with Gasteiger partial charge in [0.1, 0.15) is 23.8 Å². The Labute approximate surface area is 171 Å². The molecule has 0 bridgehead atoms. The van der Waals surface area contributed by atoms with E-state index in [1.165, 1.54) is 24.5 Å². The first kappa shape index (κ1) is 19.9. The average Bonchev–Trinajstić information content (AvgIpc) is 3.14. The van der Waals surface area contributed by atoms with Gasteiger partial charge in [0.15, 0.2) is 0 Å². The van der Waals surface area contributed by atoms with E-state index in [2.05, 4.69) is 25.7 Å². The smallest absolute Gasteiger partial charge is 0.285 e. The Bertz CT molecular complexity index is 1000. The average molecular weight is 413 g/mol. The molecular weight excluding hydrogens is 393 g/mol. The van der Waals surface area contributed by atoms with Crippen LogP contribution in [0.25, 0.3) is 5.69 Å². The summed E-state index contributed by atoms with van der Waals surface area (Å²) < 4.78 is 25.7. The van der Waals surface area contributed by atoms with E-state index in [1.807, 2.05) is 0 Å². The summed E-state index contributed by atoms with van der Waals surface area (Å²) in [7, 11) is 0. The molecule has 0 atom stereocenters. The molecule has 1 aliphatic heterocycles. The lowest BCUT2D eigenvalue weighted by Gasteiger charge is -2.26. The van der Waals surface area contributed by atoms with E-state index in [0.29, 0.717) is 43.4 Å². The van der Waals surface area contributed by atoms with E-state index in [-0.39, 0.29) is 29.9 Å². The number of amides is 1. The molecule has 3 heterocycles. The molecule has 1 N–H and O–H groups in total. The molecule has 0 aliphatic carbocycles. The fraction of sp³-hybridized carbons (Fsp3) is 0.316. The number of aryl methyl sites for hydroxylation is 1. The second-order valence-electron chi connectivity index (χ2n) is 6.58. The highest BCUT2D eigenvalue weighted by Gasteiger charge is 2.16. The number of carbonyl (C=O) groups excluding carboxylic acids is 1. The number of morpholine rings is 1. The maximum Gasteiger partial charge on any atom is 0.285 e. The summed E-state index contributed by atoms with van der Waals surface area (Å²) in [4.78, 5) is 20.5. The van der Waals surface area contributed by atoms with Crippen molar-refractivity contribution in [3.63, 3.8) is 0 Å². The van der Waals surface area contributed by atoms with Gasteiger partial charge in [0.25, 0.3) is 5.91 Å². The number of rotatable bonds is 6. The number of hydrogen-bond donors (Lipinski definition) is 1. The maximum atomic E-state index is 13.2. The van der Waals surface area contributed by atoms with E-state index in [1.54, 1.807) is 28.7 Å². The molecule has 1 saturated heterocycles. The summed E-state index contributed by atoms with van der Waals surface area (Å²) in [6.45, 7) is 4.31. The first-order chi connectivity index (χ1) is 14.6. The first-order valence-corrected chi connectivity index (χ1v) is 9.36. The largest absolute Gasteiger partial charge is 0.470 e. The fourth-order valence-electron chi connectivity index (χ4n) is 2.86. The molecule has 2 aromatic heterocycles. The SMILES string of the molecule is Cc1nnn(-c2ccc(F)cc2)c1COc1cnc(C(=O)NN2CCOCC2)cn1. The fourth-order valence-corrected chi connectivity index (χ4v) is 2.86. The number of hydrazine groups is 1. The molecule has 3 aromatic rings. The van der Waals surface area contributed by atoms with Crippen molar-refractivity contribution in [3.05, 3.63) is 59.6 Å². The molecule has 0 spiro atoms. The van der Waals surface area contributed by atoms with Crippen LogP contribution in [0.1, 0.15) is 21.9 Å². The van der Waals surface area contributed by atoms with Crippen molar-refractivity contribution in [2.45, 2.75) is 13.5 Å². The highest BCUT2D eigenvalue weighted by molar-refractivity contribution is 5.91. The predicted molar refractivity (Wildman–Crippen MR) is 102 cm³/mol. The molecule has 30 heavy (non-hydrogen) atoms. The lowest BCUT2D eigenvalue weighted by Crippen LogP contribution is -2.48. The Morgan fingerprint density at radius 1 is 1.20 bits per heavy atom. The Morgan fingerprint density at radius 2 is 1.97 bits per heavy atom. The lowest BCUT2D eigenvalue weighted by molar-refractivity contribution is 0.0124. The second kappa shape index (κ2) is 8.93. The van der Waals surface area contributed by atoms with Crippen LogP contribution in [-0.2, 0) is 11.3 Å². The quantitative estimate of drug-likeness (QED) is 0.639. The summed E-state index contributed by atoms with van der Waals surface area (Å²) in [6, 6.07) is 5.91. The maximum absolute atomic E-state index is 13.2. The minimum atomic E-state index is -0.342. The number of halogens is 1. The number of benzene rings is 1. The normalized spacial score (nSPS) is 14.5. The van der Waals surface area contributed by atoms with Crippen LogP contribution in [0.15, 0.2) is 36.7 Å². The zero-order valence-corrected chi connectivity index (χ0v) is 16.3. The molecule has 1 aromatic carbocycles. The van der Waals surface area contributed by atoms with Crippen molar-refractivity contribution < 1.29 is 18.7 Å². The molecule has 0 saturated carbocycles. The van der Waals surface area contributed by atoms with Gasteiger partial charge in [-0.05, 0) is 31.2 Å². The summed E-state index contributed by atoms with van der Waals surface area (Å²) >= 11 is 0. The van der Waals surface area contributed by atoms with E-state index in [0.717, 1.165) is 0 Å². The van der Waals surface area contributed by atoms with Crippen molar-refractivity contribution in [1.82, 2.24) is 35.4 Å². The van der Waals surface area contributed by atoms with Gasteiger partial charge in [-0.1, -0.05) is 5.21 Å². The lowest BCUT2D eigenvalue weighted by atomic mass is 10.3. The number of ether oxygens (including phenoxy) is 2. The van der Waals surface area contributed by atoms with Crippen LogP contribution < -0.4 is 10.2 Å². The molecule has 1 aliphatic rings. The number of carbonyl (C=O) groups is 1. The second-order valence-corrected chi connectivity index (χ2v) is 6.58. The molecular formula is C19H20FN7O3. The van der Waals surface area contributed by atoms with Crippen molar-refractivity contribution in [1.29, 1.82) is 0 Å². The van der Waals surface area contributed by atoms with Crippen LogP contribution in [0.2, 0.25) is 0 Å². The van der Waals surface area contributed by atoms with Gasteiger partial charge < -0.3 is 9.47 Å². The van der Waals surface area contributed by atoms with Crippen molar-refractivity contribution in [2.75, 3.05) is 26.3 Å². The topological polar surface area (TPSA) is 107 Å². The highest BCUT2D eigenvalue weighted by atomic mass is 19.1. The third-order valence-corrected chi connectivity index (χ3v) is 4.52. The Hall–Kier alpha value is -3.44. The summed E-state index contributed by atoms with van der Waals surface area (Å²) in [5, 5.41) is 9.92. The minimum Gasteiger partial charge on any atom is -0.470 e. The summed E-state index contributed by atoms with van der Waals surface area (Å²) in [6.07, 6.45) is 2.74. The third kappa shape index (κ3) is 4.58. The van der Waals surface area contributed by atoms with Gasteiger partial charge in [-0.25, -0.2) is 24.0 Å². The van der Waals surface area contributed by atoms with Gasteiger partial charge in [0, 0.05) is 13.1 Å². The highest BCUT2D eigenvalue weighted by Crippen LogP contribution is 2.15. The molecule has 0 radical (unpaired) electrons. The van der Waals surface area contributed by atoms with Gasteiger partial charge in [0.05, 0.1) is 37.0 Å². The van der Waals surface area contributed by atoms with Gasteiger partial charge in [0.2, 0.25) is 5.88 Å². The zero-order chi connectivity index (χ0) is 20.9. The van der Waals surface area contributed by atoms with Crippen molar-refractivity contribution in [2.24, 2.45) is 0 Å².